The lowest BCUT2D eigenvalue weighted by molar-refractivity contribution is -0.0167. The van der Waals surface area contributed by atoms with Crippen molar-refractivity contribution in [3.05, 3.63) is 35.4 Å². The van der Waals surface area contributed by atoms with E-state index < -0.39 is 0 Å². The van der Waals surface area contributed by atoms with Gasteiger partial charge in [0.25, 0.3) is 5.91 Å². The molecule has 136 valence electrons. The van der Waals surface area contributed by atoms with Gasteiger partial charge in [-0.2, -0.15) is 0 Å². The van der Waals surface area contributed by atoms with Crippen LogP contribution in [0.15, 0.2) is 28.7 Å². The predicted molar refractivity (Wildman–Crippen MR) is 97.0 cm³/mol. The molecule has 0 aliphatic heterocycles. The van der Waals surface area contributed by atoms with Crippen molar-refractivity contribution in [2.45, 2.75) is 44.1 Å². The van der Waals surface area contributed by atoms with Gasteiger partial charge < -0.3 is 14.5 Å². The summed E-state index contributed by atoms with van der Waals surface area (Å²) >= 11 is 0. The van der Waals surface area contributed by atoms with Crippen molar-refractivity contribution >= 4 is 16.9 Å². The molecule has 1 heterocycles. The molecule has 6 rings (SSSR count). The van der Waals surface area contributed by atoms with Gasteiger partial charge in [0.15, 0.2) is 0 Å². The highest BCUT2D eigenvalue weighted by atomic mass is 16.5. The summed E-state index contributed by atoms with van der Waals surface area (Å²) in [6.07, 6.45) is 7.29. The summed E-state index contributed by atoms with van der Waals surface area (Å²) in [5.74, 6) is 2.83. The molecule has 4 aliphatic carbocycles. The number of hydrogen-bond acceptors (Lipinski definition) is 4. The van der Waals surface area contributed by atoms with Crippen LogP contribution in [0.1, 0.15) is 48.9 Å². The van der Waals surface area contributed by atoms with Crippen molar-refractivity contribution in [1.82, 2.24) is 5.32 Å². The molecule has 0 unspecified atom stereocenters. The highest BCUT2D eigenvalue weighted by Gasteiger charge is 2.51. The van der Waals surface area contributed by atoms with Crippen molar-refractivity contribution in [1.29, 1.82) is 5.41 Å². The fourth-order valence-electron chi connectivity index (χ4n) is 5.99. The molecule has 0 atom stereocenters. The van der Waals surface area contributed by atoms with E-state index in [-0.39, 0.29) is 17.0 Å². The Kier molecular flexibility index (Phi) is 3.43. The van der Waals surface area contributed by atoms with Gasteiger partial charge in [-0.25, -0.2) is 0 Å². The van der Waals surface area contributed by atoms with E-state index in [1.54, 1.807) is 25.3 Å². The largest absolute Gasteiger partial charge is 0.497 e. The molecule has 4 aliphatic rings. The van der Waals surface area contributed by atoms with E-state index in [9.17, 15) is 4.79 Å². The average molecular weight is 352 g/mol. The highest BCUT2D eigenvalue weighted by molar-refractivity contribution is 5.97. The lowest BCUT2D eigenvalue weighted by Crippen LogP contribution is -2.60. The van der Waals surface area contributed by atoms with Crippen LogP contribution in [0.5, 0.6) is 5.75 Å². The lowest BCUT2D eigenvalue weighted by Gasteiger charge is -2.56. The molecule has 4 fully saturated rings. The lowest BCUT2D eigenvalue weighted by atomic mass is 9.53. The van der Waals surface area contributed by atoms with E-state index in [1.165, 1.54) is 19.3 Å². The molecule has 1 aromatic carbocycles. The van der Waals surface area contributed by atoms with Crippen LogP contribution in [0.4, 0.5) is 0 Å². The maximum Gasteiger partial charge on any atom is 0.257 e. The first-order chi connectivity index (χ1) is 12.5. The van der Waals surface area contributed by atoms with E-state index in [1.807, 2.05) is 6.07 Å². The molecule has 26 heavy (non-hydrogen) atoms. The van der Waals surface area contributed by atoms with Crippen molar-refractivity contribution in [2.24, 2.45) is 17.8 Å². The van der Waals surface area contributed by atoms with Crippen molar-refractivity contribution in [3.63, 3.8) is 0 Å². The van der Waals surface area contributed by atoms with Gasteiger partial charge >= 0.3 is 0 Å². The second-order valence-corrected chi connectivity index (χ2v) is 8.54. The van der Waals surface area contributed by atoms with Gasteiger partial charge in [0.2, 0.25) is 5.55 Å². The van der Waals surface area contributed by atoms with Crippen LogP contribution >= 0.6 is 0 Å². The van der Waals surface area contributed by atoms with Crippen molar-refractivity contribution in [2.75, 3.05) is 7.11 Å². The van der Waals surface area contributed by atoms with Gasteiger partial charge in [0.05, 0.1) is 7.11 Å². The van der Waals surface area contributed by atoms with Gasteiger partial charge in [-0.15, -0.1) is 0 Å². The van der Waals surface area contributed by atoms with Crippen LogP contribution in [0.25, 0.3) is 11.0 Å². The zero-order chi connectivity index (χ0) is 17.9. The van der Waals surface area contributed by atoms with Crippen molar-refractivity contribution in [3.8, 4) is 5.75 Å². The molecule has 5 nitrogen and oxygen atoms in total. The quantitative estimate of drug-likeness (QED) is 0.886. The molecular weight excluding hydrogens is 328 g/mol. The average Bonchev–Trinajstić information content (AvgIpc) is 2.59. The molecule has 0 saturated heterocycles. The third-order valence-electron chi connectivity index (χ3n) is 6.63. The summed E-state index contributed by atoms with van der Waals surface area (Å²) in [7, 11) is 1.61. The second-order valence-electron chi connectivity index (χ2n) is 8.54. The molecule has 1 amide bonds. The molecule has 0 spiro atoms. The number of fused-ring (bicyclic) bond motifs is 1. The Morgan fingerprint density at radius 1 is 1.15 bits per heavy atom. The molecule has 1 aromatic heterocycles. The second kappa shape index (κ2) is 5.60. The maximum absolute atomic E-state index is 13.0. The number of carbonyl (C=O) groups excluding carboxylic acids is 1. The minimum Gasteiger partial charge on any atom is -0.497 e. The van der Waals surface area contributed by atoms with Crippen LogP contribution < -0.4 is 15.6 Å². The monoisotopic (exact) mass is 352 g/mol. The Balaban J connectivity index is 1.47. The van der Waals surface area contributed by atoms with E-state index >= 15 is 0 Å². The Morgan fingerprint density at radius 2 is 1.81 bits per heavy atom. The van der Waals surface area contributed by atoms with Gasteiger partial charge in [-0.1, -0.05) is 0 Å². The third kappa shape index (κ3) is 2.52. The number of ether oxygens (including phenoxy) is 1. The Bertz CT molecular complexity index is 911. The first-order valence-electron chi connectivity index (χ1n) is 9.53. The fourth-order valence-corrected chi connectivity index (χ4v) is 5.99. The zero-order valence-electron chi connectivity index (χ0n) is 15.0. The molecule has 4 bridgehead atoms. The number of rotatable bonds is 3. The molecule has 2 aromatic rings. The number of nitrogens with one attached hydrogen (secondary N) is 2. The minimum absolute atomic E-state index is 0.0678. The minimum atomic E-state index is -0.176. The normalized spacial score (nSPS) is 32.0. The Hall–Kier alpha value is -2.30. The molecule has 5 heteroatoms. The fraction of sp³-hybridized carbons (Fsp3) is 0.524. The zero-order valence-corrected chi connectivity index (χ0v) is 15.0. The van der Waals surface area contributed by atoms with E-state index in [0.29, 0.717) is 16.9 Å². The first-order valence-corrected chi connectivity index (χ1v) is 9.53. The van der Waals surface area contributed by atoms with Crippen molar-refractivity contribution < 1.29 is 13.9 Å². The van der Waals surface area contributed by atoms with Gasteiger partial charge in [-0.3, -0.25) is 10.2 Å². The summed E-state index contributed by atoms with van der Waals surface area (Å²) in [6.45, 7) is 0. The van der Waals surface area contributed by atoms with Gasteiger partial charge in [0.1, 0.15) is 16.9 Å². The first kappa shape index (κ1) is 15.9. The highest BCUT2D eigenvalue weighted by Crippen LogP contribution is 2.55. The van der Waals surface area contributed by atoms with E-state index in [2.05, 4.69) is 5.32 Å². The number of hydrogen-bond donors (Lipinski definition) is 2. The Labute approximate surface area is 152 Å². The summed E-state index contributed by atoms with van der Waals surface area (Å²) in [4.78, 5) is 13.0. The molecule has 2 N–H and O–H groups in total. The van der Waals surface area contributed by atoms with Gasteiger partial charge in [0, 0.05) is 10.9 Å². The standard InChI is InChI=1S/C21H24N2O3/c1-25-16-2-3-18-15(7-16)8-17(19(22)26-18)20(24)23-21-9-12-4-13(10-21)6-14(5-12)11-21/h2-3,7-8,12-14,22H,4-6,9-11H2,1H3,(H,23,24). The number of carbonyl (C=O) groups is 1. The summed E-state index contributed by atoms with van der Waals surface area (Å²) in [5, 5.41) is 12.3. The topological polar surface area (TPSA) is 75.3 Å². The van der Waals surface area contributed by atoms with Crippen LogP contribution in [0.2, 0.25) is 0 Å². The Morgan fingerprint density at radius 3 is 2.42 bits per heavy atom. The third-order valence-corrected chi connectivity index (χ3v) is 6.63. The van der Waals surface area contributed by atoms with Crippen LogP contribution in [0.3, 0.4) is 0 Å². The number of benzene rings is 1. The molecule has 0 radical (unpaired) electrons. The number of methoxy groups -OCH3 is 1. The summed E-state index contributed by atoms with van der Waals surface area (Å²) < 4.78 is 10.8. The van der Waals surface area contributed by atoms with Crippen LogP contribution in [0, 0.1) is 23.2 Å². The van der Waals surface area contributed by atoms with Crippen LogP contribution in [-0.4, -0.2) is 18.6 Å². The smallest absolute Gasteiger partial charge is 0.257 e. The summed E-state index contributed by atoms with van der Waals surface area (Å²) in [6, 6.07) is 7.15. The van der Waals surface area contributed by atoms with Crippen LogP contribution in [-0.2, 0) is 0 Å². The maximum atomic E-state index is 13.0. The van der Waals surface area contributed by atoms with E-state index in [4.69, 9.17) is 14.6 Å². The number of amides is 1. The van der Waals surface area contributed by atoms with E-state index in [0.717, 1.165) is 42.4 Å². The SMILES string of the molecule is COc1ccc2oc(=N)c(C(=O)NC34CC5CC(CC(C5)C3)C4)cc2c1. The predicted octanol–water partition coefficient (Wildman–Crippen LogP) is 3.62. The van der Waals surface area contributed by atoms with Gasteiger partial charge in [-0.05, 0) is 80.5 Å². The molecular formula is C21H24N2O3. The molecule has 4 saturated carbocycles. The summed E-state index contributed by atoms with van der Waals surface area (Å²) in [5.41, 5.74) is 0.746.